The van der Waals surface area contributed by atoms with E-state index in [1.807, 2.05) is 30.3 Å². The van der Waals surface area contributed by atoms with E-state index >= 15 is 0 Å². The maximum Gasteiger partial charge on any atom is 0.246 e. The zero-order valence-electron chi connectivity index (χ0n) is 14.7. The number of hydrogen-bond donors (Lipinski definition) is 0. The molecule has 1 aromatic heterocycles. The van der Waals surface area contributed by atoms with Crippen molar-refractivity contribution in [3.05, 3.63) is 83.8 Å². The molecule has 4 rings (SSSR count). The Bertz CT molecular complexity index is 980. The smallest absolute Gasteiger partial charge is 0.246 e. The second kappa shape index (κ2) is 7.68. The van der Waals surface area contributed by atoms with Crippen LogP contribution in [0.15, 0.2) is 66.9 Å². The molecule has 0 aliphatic carbocycles. The third-order valence-corrected chi connectivity index (χ3v) is 4.69. The number of aromatic nitrogens is 1. The van der Waals surface area contributed by atoms with Crippen LogP contribution in [-0.2, 0) is 9.53 Å². The van der Waals surface area contributed by atoms with Gasteiger partial charge < -0.3 is 9.64 Å². The molecule has 27 heavy (non-hydrogen) atoms. The number of carbonyl (C=O) groups is 1. The van der Waals surface area contributed by atoms with Gasteiger partial charge in [-0.25, -0.2) is 4.39 Å². The van der Waals surface area contributed by atoms with E-state index < -0.39 is 0 Å². The lowest BCUT2D eigenvalue weighted by Gasteiger charge is -2.32. The van der Waals surface area contributed by atoms with E-state index in [0.29, 0.717) is 19.7 Å². The largest absolute Gasteiger partial charge is 0.370 e. The summed E-state index contributed by atoms with van der Waals surface area (Å²) in [7, 11) is 0. The first kappa shape index (κ1) is 17.4. The molecule has 1 atom stereocenters. The zero-order chi connectivity index (χ0) is 18.6. The van der Waals surface area contributed by atoms with E-state index in [2.05, 4.69) is 4.98 Å². The van der Waals surface area contributed by atoms with E-state index in [1.54, 1.807) is 35.4 Å². The third kappa shape index (κ3) is 3.88. The van der Waals surface area contributed by atoms with Crippen LogP contribution in [0.25, 0.3) is 17.0 Å². The number of rotatable bonds is 3. The van der Waals surface area contributed by atoms with Crippen molar-refractivity contribution in [2.45, 2.75) is 6.10 Å². The fraction of sp³-hybridized carbons (Fsp3) is 0.182. The first-order valence-corrected chi connectivity index (χ1v) is 8.88. The minimum Gasteiger partial charge on any atom is -0.370 e. The topological polar surface area (TPSA) is 42.4 Å². The molecule has 0 N–H and O–H groups in total. The molecule has 4 nitrogen and oxygen atoms in total. The third-order valence-electron chi connectivity index (χ3n) is 4.69. The number of amides is 1. The number of nitrogens with zero attached hydrogens (tertiary/aromatic N) is 2. The van der Waals surface area contributed by atoms with Gasteiger partial charge in [-0.1, -0.05) is 36.4 Å². The van der Waals surface area contributed by atoms with E-state index in [-0.39, 0.29) is 17.8 Å². The summed E-state index contributed by atoms with van der Waals surface area (Å²) in [6.07, 6.45) is 4.89. The molecule has 0 radical (unpaired) electrons. The van der Waals surface area contributed by atoms with Crippen molar-refractivity contribution in [2.24, 2.45) is 0 Å². The molecule has 1 saturated heterocycles. The highest BCUT2D eigenvalue weighted by Crippen LogP contribution is 2.23. The molecular formula is C22H19FN2O2. The Morgan fingerprint density at radius 1 is 1.15 bits per heavy atom. The first-order chi connectivity index (χ1) is 13.2. The quantitative estimate of drug-likeness (QED) is 0.662. The average Bonchev–Trinajstić information content (AvgIpc) is 2.72. The van der Waals surface area contributed by atoms with Gasteiger partial charge in [0.05, 0.1) is 18.7 Å². The Balaban J connectivity index is 1.49. The number of ether oxygens (including phenoxy) is 1. The van der Waals surface area contributed by atoms with Crippen LogP contribution in [0.5, 0.6) is 0 Å². The van der Waals surface area contributed by atoms with E-state index in [9.17, 15) is 9.18 Å². The molecule has 1 unspecified atom stereocenters. The van der Waals surface area contributed by atoms with Gasteiger partial charge in [-0.3, -0.25) is 9.78 Å². The Morgan fingerprint density at radius 2 is 1.96 bits per heavy atom. The van der Waals surface area contributed by atoms with Crippen LogP contribution in [0.2, 0.25) is 0 Å². The molecule has 0 saturated carbocycles. The summed E-state index contributed by atoms with van der Waals surface area (Å²) in [5.41, 5.74) is 2.65. The van der Waals surface area contributed by atoms with Gasteiger partial charge in [-0.05, 0) is 29.8 Å². The van der Waals surface area contributed by atoms with Crippen molar-refractivity contribution in [3.8, 4) is 0 Å². The van der Waals surface area contributed by atoms with Crippen LogP contribution in [-0.4, -0.2) is 35.5 Å². The van der Waals surface area contributed by atoms with Crippen LogP contribution >= 0.6 is 0 Å². The van der Waals surface area contributed by atoms with Gasteiger partial charge in [0.2, 0.25) is 5.91 Å². The van der Waals surface area contributed by atoms with Gasteiger partial charge in [0.15, 0.2) is 0 Å². The van der Waals surface area contributed by atoms with Gasteiger partial charge in [0.25, 0.3) is 0 Å². The number of benzene rings is 2. The van der Waals surface area contributed by atoms with Gasteiger partial charge in [0, 0.05) is 29.8 Å². The van der Waals surface area contributed by atoms with Crippen molar-refractivity contribution >= 4 is 22.9 Å². The Labute approximate surface area is 156 Å². The van der Waals surface area contributed by atoms with Gasteiger partial charge in [-0.15, -0.1) is 0 Å². The molecule has 5 heteroatoms. The minimum absolute atomic E-state index is 0.0710. The van der Waals surface area contributed by atoms with Crippen molar-refractivity contribution in [3.63, 3.8) is 0 Å². The van der Waals surface area contributed by atoms with E-state index in [4.69, 9.17) is 4.74 Å². The lowest BCUT2D eigenvalue weighted by atomic mass is 10.1. The normalized spacial score (nSPS) is 17.5. The SMILES string of the molecule is O=C(/C=C/c1cccc2cccnc12)N1CCOC(c2ccc(F)cc2)C1. The summed E-state index contributed by atoms with van der Waals surface area (Å²) in [4.78, 5) is 18.8. The number of morpholine rings is 1. The number of para-hydroxylation sites is 1. The summed E-state index contributed by atoms with van der Waals surface area (Å²) in [5, 5.41) is 1.04. The predicted octanol–water partition coefficient (Wildman–Crippen LogP) is 3.99. The van der Waals surface area contributed by atoms with Crippen molar-refractivity contribution < 1.29 is 13.9 Å². The highest BCUT2D eigenvalue weighted by Gasteiger charge is 2.24. The summed E-state index contributed by atoms with van der Waals surface area (Å²) in [6.45, 7) is 1.44. The maximum absolute atomic E-state index is 13.1. The summed E-state index contributed by atoms with van der Waals surface area (Å²) in [6, 6.07) is 16.0. The molecule has 2 heterocycles. The van der Waals surface area contributed by atoms with Crippen molar-refractivity contribution in [1.82, 2.24) is 9.88 Å². The summed E-state index contributed by atoms with van der Waals surface area (Å²) < 4.78 is 18.9. The van der Waals surface area contributed by atoms with E-state index in [1.165, 1.54) is 12.1 Å². The Morgan fingerprint density at radius 3 is 2.81 bits per heavy atom. The predicted molar refractivity (Wildman–Crippen MR) is 102 cm³/mol. The number of pyridine rings is 1. The Kier molecular flexibility index (Phi) is 4.94. The standard InChI is InChI=1S/C22H19FN2O2/c23-19-9-6-16(7-10-19)20-15-25(13-14-27-20)21(26)11-8-18-4-1-3-17-5-2-12-24-22(17)18/h1-12,20H,13-15H2/b11-8+. The average molecular weight is 362 g/mol. The molecule has 1 aliphatic rings. The minimum atomic E-state index is -0.283. The number of hydrogen-bond acceptors (Lipinski definition) is 3. The van der Waals surface area contributed by atoms with Crippen molar-refractivity contribution in [2.75, 3.05) is 19.7 Å². The second-order valence-electron chi connectivity index (χ2n) is 6.45. The van der Waals surface area contributed by atoms with Crippen LogP contribution < -0.4 is 0 Å². The Hall–Kier alpha value is -3.05. The van der Waals surface area contributed by atoms with Crippen LogP contribution in [0.3, 0.4) is 0 Å². The van der Waals surface area contributed by atoms with Crippen LogP contribution in [0.1, 0.15) is 17.2 Å². The second-order valence-corrected chi connectivity index (χ2v) is 6.45. The molecule has 2 aromatic carbocycles. The van der Waals surface area contributed by atoms with Crippen LogP contribution in [0.4, 0.5) is 4.39 Å². The lowest BCUT2D eigenvalue weighted by molar-refractivity contribution is -0.133. The molecule has 1 fully saturated rings. The van der Waals surface area contributed by atoms with Crippen molar-refractivity contribution in [1.29, 1.82) is 0 Å². The highest BCUT2D eigenvalue weighted by atomic mass is 19.1. The molecule has 136 valence electrons. The zero-order valence-corrected chi connectivity index (χ0v) is 14.7. The molecular weight excluding hydrogens is 343 g/mol. The molecule has 1 amide bonds. The lowest BCUT2D eigenvalue weighted by Crippen LogP contribution is -2.41. The monoisotopic (exact) mass is 362 g/mol. The molecule has 1 aliphatic heterocycles. The van der Waals surface area contributed by atoms with E-state index in [0.717, 1.165) is 22.0 Å². The molecule has 0 spiro atoms. The summed E-state index contributed by atoms with van der Waals surface area (Å²) in [5.74, 6) is -0.354. The molecule has 0 bridgehead atoms. The number of halogens is 1. The summed E-state index contributed by atoms with van der Waals surface area (Å²) >= 11 is 0. The molecule has 3 aromatic rings. The van der Waals surface area contributed by atoms with Gasteiger partial charge in [0.1, 0.15) is 11.9 Å². The van der Waals surface area contributed by atoms with Crippen LogP contribution in [0, 0.1) is 5.82 Å². The fourth-order valence-corrected chi connectivity index (χ4v) is 3.26. The number of fused-ring (bicyclic) bond motifs is 1. The number of carbonyl (C=O) groups excluding carboxylic acids is 1. The maximum atomic E-state index is 13.1. The fourth-order valence-electron chi connectivity index (χ4n) is 3.26. The first-order valence-electron chi connectivity index (χ1n) is 8.88. The highest BCUT2D eigenvalue weighted by molar-refractivity contribution is 5.95. The van der Waals surface area contributed by atoms with Gasteiger partial charge >= 0.3 is 0 Å². The van der Waals surface area contributed by atoms with Gasteiger partial charge in [-0.2, -0.15) is 0 Å².